The Morgan fingerprint density at radius 1 is 1.18 bits per heavy atom. The molecule has 0 bridgehead atoms. The third kappa shape index (κ3) is 3.80. The van der Waals surface area contributed by atoms with Crippen LogP contribution in [0.4, 0.5) is 0 Å². The molecular formula is C14H21NS2. The molecule has 1 atom stereocenters. The second kappa shape index (κ2) is 5.51. The van der Waals surface area contributed by atoms with Crippen LogP contribution >= 0.6 is 24.8 Å². The summed E-state index contributed by atoms with van der Waals surface area (Å²) >= 11 is 9.52. The highest BCUT2D eigenvalue weighted by Crippen LogP contribution is 2.26. The standard InChI is InChI=1S/C14H21NS2/c1-14(2,3)11-8-6-10(7-9-11)12(13(16)17)15(4)5/h6-9,12H,1-5H3,(H,16,17). The van der Waals surface area contributed by atoms with Crippen molar-refractivity contribution in [2.24, 2.45) is 0 Å². The fourth-order valence-electron chi connectivity index (χ4n) is 1.83. The number of thiol groups is 1. The maximum atomic E-state index is 5.20. The molecule has 1 aromatic carbocycles. The number of rotatable bonds is 3. The summed E-state index contributed by atoms with van der Waals surface area (Å²) in [5, 5.41) is 0. The van der Waals surface area contributed by atoms with Gasteiger partial charge in [0.05, 0.1) is 10.2 Å². The van der Waals surface area contributed by atoms with E-state index in [1.807, 2.05) is 14.1 Å². The second-order valence-corrected chi connectivity index (χ2v) is 6.80. The topological polar surface area (TPSA) is 3.24 Å². The van der Waals surface area contributed by atoms with Crippen molar-refractivity contribution >= 4 is 29.0 Å². The molecule has 94 valence electrons. The molecule has 0 spiro atoms. The fourth-order valence-corrected chi connectivity index (χ4v) is 2.55. The van der Waals surface area contributed by atoms with Crippen molar-refractivity contribution in [2.75, 3.05) is 14.1 Å². The Morgan fingerprint density at radius 2 is 1.65 bits per heavy atom. The van der Waals surface area contributed by atoms with E-state index in [4.69, 9.17) is 12.2 Å². The van der Waals surface area contributed by atoms with Gasteiger partial charge in [0.1, 0.15) is 0 Å². The number of benzene rings is 1. The predicted octanol–water partition coefficient (Wildman–Crippen LogP) is 3.84. The van der Waals surface area contributed by atoms with Crippen molar-refractivity contribution < 1.29 is 0 Å². The van der Waals surface area contributed by atoms with Crippen molar-refractivity contribution in [2.45, 2.75) is 32.2 Å². The molecule has 0 saturated carbocycles. The van der Waals surface area contributed by atoms with Gasteiger partial charge in [0, 0.05) is 0 Å². The first-order valence-corrected chi connectivity index (χ1v) is 6.58. The molecule has 1 nitrogen and oxygen atoms in total. The summed E-state index contributed by atoms with van der Waals surface area (Å²) in [7, 11) is 4.04. The molecule has 0 saturated heterocycles. The van der Waals surface area contributed by atoms with E-state index in [9.17, 15) is 0 Å². The first-order valence-electron chi connectivity index (χ1n) is 5.73. The van der Waals surface area contributed by atoms with Gasteiger partial charge in [-0.3, -0.25) is 4.90 Å². The summed E-state index contributed by atoms with van der Waals surface area (Å²) < 4.78 is 0.707. The Balaban J connectivity index is 3.05. The third-order valence-electron chi connectivity index (χ3n) is 2.84. The lowest BCUT2D eigenvalue weighted by atomic mass is 9.86. The number of nitrogens with zero attached hydrogens (tertiary/aromatic N) is 1. The van der Waals surface area contributed by atoms with Crippen molar-refractivity contribution in [1.29, 1.82) is 0 Å². The summed E-state index contributed by atoms with van der Waals surface area (Å²) in [5.74, 6) is 0. The molecule has 0 radical (unpaired) electrons. The van der Waals surface area contributed by atoms with Gasteiger partial charge in [-0.05, 0) is 30.6 Å². The van der Waals surface area contributed by atoms with Crippen LogP contribution in [0.25, 0.3) is 0 Å². The molecule has 0 N–H and O–H groups in total. The van der Waals surface area contributed by atoms with Crippen LogP contribution in [0.3, 0.4) is 0 Å². The molecule has 0 aromatic heterocycles. The smallest absolute Gasteiger partial charge is 0.0758 e. The summed E-state index contributed by atoms with van der Waals surface area (Å²) in [5.41, 5.74) is 2.72. The SMILES string of the molecule is CN(C)C(C(=S)S)c1ccc(C(C)(C)C)cc1. The van der Waals surface area contributed by atoms with E-state index in [0.29, 0.717) is 4.20 Å². The molecule has 0 aliphatic heterocycles. The van der Waals surface area contributed by atoms with Crippen LogP contribution in [-0.4, -0.2) is 23.2 Å². The Bertz CT molecular complexity index is 388. The van der Waals surface area contributed by atoms with E-state index >= 15 is 0 Å². The van der Waals surface area contributed by atoms with Crippen molar-refractivity contribution in [1.82, 2.24) is 4.90 Å². The Labute approximate surface area is 116 Å². The lowest BCUT2D eigenvalue weighted by Gasteiger charge is -2.25. The zero-order valence-electron chi connectivity index (χ0n) is 11.2. The molecule has 0 heterocycles. The van der Waals surface area contributed by atoms with E-state index in [2.05, 4.69) is 62.6 Å². The third-order valence-corrected chi connectivity index (χ3v) is 3.31. The minimum Gasteiger partial charge on any atom is -0.297 e. The first kappa shape index (κ1) is 14.7. The Hall–Kier alpha value is -0.380. The highest BCUT2D eigenvalue weighted by molar-refractivity contribution is 8.11. The van der Waals surface area contributed by atoms with Crippen LogP contribution in [0, 0.1) is 0 Å². The molecule has 0 aliphatic carbocycles. The molecule has 0 amide bonds. The van der Waals surface area contributed by atoms with Crippen LogP contribution in [-0.2, 0) is 5.41 Å². The highest BCUT2D eigenvalue weighted by atomic mass is 32.1. The predicted molar refractivity (Wildman–Crippen MR) is 83.2 cm³/mol. The zero-order chi connectivity index (χ0) is 13.2. The van der Waals surface area contributed by atoms with Crippen LogP contribution in [0.1, 0.15) is 37.9 Å². The van der Waals surface area contributed by atoms with E-state index in [1.165, 1.54) is 11.1 Å². The van der Waals surface area contributed by atoms with Gasteiger partial charge < -0.3 is 0 Å². The Morgan fingerprint density at radius 3 is 1.94 bits per heavy atom. The van der Waals surface area contributed by atoms with Gasteiger partial charge in [-0.25, -0.2) is 0 Å². The molecule has 0 fully saturated rings. The van der Waals surface area contributed by atoms with Gasteiger partial charge in [0.25, 0.3) is 0 Å². The average molecular weight is 267 g/mol. The maximum Gasteiger partial charge on any atom is 0.0758 e. The minimum absolute atomic E-state index is 0.0994. The van der Waals surface area contributed by atoms with Crippen molar-refractivity contribution in [3.05, 3.63) is 35.4 Å². The zero-order valence-corrected chi connectivity index (χ0v) is 12.9. The van der Waals surface area contributed by atoms with Gasteiger partial charge >= 0.3 is 0 Å². The lowest BCUT2D eigenvalue weighted by molar-refractivity contribution is 0.375. The van der Waals surface area contributed by atoms with Gasteiger partial charge in [0.15, 0.2) is 0 Å². The van der Waals surface area contributed by atoms with Gasteiger partial charge in [-0.15, -0.1) is 12.6 Å². The van der Waals surface area contributed by atoms with E-state index in [1.54, 1.807) is 0 Å². The van der Waals surface area contributed by atoms with Crippen LogP contribution < -0.4 is 0 Å². The molecule has 1 rings (SSSR count). The average Bonchev–Trinajstić information content (AvgIpc) is 2.15. The number of hydrogen-bond acceptors (Lipinski definition) is 2. The number of thiocarbonyl (C=S) groups is 1. The van der Waals surface area contributed by atoms with E-state index in [0.717, 1.165) is 0 Å². The highest BCUT2D eigenvalue weighted by Gasteiger charge is 2.18. The molecule has 3 heteroatoms. The van der Waals surface area contributed by atoms with E-state index < -0.39 is 0 Å². The van der Waals surface area contributed by atoms with Crippen molar-refractivity contribution in [3.8, 4) is 0 Å². The van der Waals surface area contributed by atoms with E-state index in [-0.39, 0.29) is 11.5 Å². The Kier molecular flexibility index (Phi) is 4.76. The normalized spacial score (nSPS) is 13.8. The summed E-state index contributed by atoms with van der Waals surface area (Å²) in [6, 6.07) is 8.75. The molecule has 1 unspecified atom stereocenters. The first-order chi connectivity index (χ1) is 7.73. The van der Waals surface area contributed by atoms with Crippen LogP contribution in [0.15, 0.2) is 24.3 Å². The largest absolute Gasteiger partial charge is 0.297 e. The molecule has 17 heavy (non-hydrogen) atoms. The van der Waals surface area contributed by atoms with Gasteiger partial charge in [-0.1, -0.05) is 57.3 Å². The van der Waals surface area contributed by atoms with Crippen LogP contribution in [0.5, 0.6) is 0 Å². The molecular weight excluding hydrogens is 246 g/mol. The molecule has 1 aromatic rings. The lowest BCUT2D eigenvalue weighted by Crippen LogP contribution is -2.24. The minimum atomic E-state index is 0.0994. The van der Waals surface area contributed by atoms with Gasteiger partial charge in [0.2, 0.25) is 0 Å². The summed E-state index contributed by atoms with van der Waals surface area (Å²) in [4.78, 5) is 2.08. The molecule has 0 aliphatic rings. The monoisotopic (exact) mass is 267 g/mol. The second-order valence-electron chi connectivity index (χ2n) is 5.58. The van der Waals surface area contributed by atoms with Crippen molar-refractivity contribution in [3.63, 3.8) is 0 Å². The fraction of sp³-hybridized carbons (Fsp3) is 0.500. The number of hydrogen-bond donors (Lipinski definition) is 1. The quantitative estimate of drug-likeness (QED) is 0.654. The van der Waals surface area contributed by atoms with Crippen LogP contribution in [0.2, 0.25) is 0 Å². The van der Waals surface area contributed by atoms with Gasteiger partial charge in [-0.2, -0.15) is 0 Å². The summed E-state index contributed by atoms with van der Waals surface area (Å²) in [6.07, 6.45) is 0. The maximum absolute atomic E-state index is 5.20. The summed E-state index contributed by atoms with van der Waals surface area (Å²) in [6.45, 7) is 6.65.